The summed E-state index contributed by atoms with van der Waals surface area (Å²) in [5.74, 6) is -0.334. The van der Waals surface area contributed by atoms with E-state index in [1.165, 1.54) is 58.8 Å². The molecule has 1 N–H and O–H groups in total. The summed E-state index contributed by atoms with van der Waals surface area (Å²) in [5.41, 5.74) is 0.933. The quantitative estimate of drug-likeness (QED) is 0.320. The fraction of sp³-hybridized carbons (Fsp3) is 0.286. The Balaban J connectivity index is 2.07. The number of hydrogen-bond acceptors (Lipinski definition) is 9. The normalized spacial score (nSPS) is 10.8. The maximum atomic E-state index is 14.0. The lowest BCUT2D eigenvalue weighted by Crippen LogP contribution is -2.38. The Kier molecular flexibility index (Phi) is 9.83. The predicted octanol–water partition coefficient (Wildman–Crippen LogP) is 4.04. The molecule has 40 heavy (non-hydrogen) atoms. The summed E-state index contributed by atoms with van der Waals surface area (Å²) in [7, 11) is 1.04. The summed E-state index contributed by atoms with van der Waals surface area (Å²) < 4.78 is 55.1. The Labute approximate surface area is 233 Å². The van der Waals surface area contributed by atoms with Crippen LogP contribution in [-0.4, -0.2) is 61.9 Å². The summed E-state index contributed by atoms with van der Waals surface area (Å²) >= 11 is 0. The third-order valence-electron chi connectivity index (χ3n) is 5.81. The van der Waals surface area contributed by atoms with E-state index in [1.807, 2.05) is 6.92 Å². The van der Waals surface area contributed by atoms with Crippen LogP contribution in [0.4, 0.5) is 11.4 Å². The first kappa shape index (κ1) is 30.1. The number of methoxy groups -OCH3 is 4. The van der Waals surface area contributed by atoms with Crippen molar-refractivity contribution < 1.29 is 41.7 Å². The van der Waals surface area contributed by atoms with Gasteiger partial charge >= 0.3 is 5.97 Å². The van der Waals surface area contributed by atoms with Crippen molar-refractivity contribution in [1.82, 2.24) is 0 Å². The fourth-order valence-corrected chi connectivity index (χ4v) is 5.54. The minimum Gasteiger partial charge on any atom is -0.495 e. The number of amides is 1. The molecule has 11 nitrogen and oxygen atoms in total. The summed E-state index contributed by atoms with van der Waals surface area (Å²) in [6.07, 6.45) is 0. The molecule has 3 rings (SSSR count). The molecule has 0 saturated carbocycles. The van der Waals surface area contributed by atoms with Crippen molar-refractivity contribution in [3.63, 3.8) is 0 Å². The van der Waals surface area contributed by atoms with Crippen molar-refractivity contribution in [1.29, 1.82) is 0 Å². The topological polar surface area (TPSA) is 130 Å². The molecule has 0 aromatic heterocycles. The zero-order valence-corrected chi connectivity index (χ0v) is 24.0. The molecule has 0 bridgehead atoms. The second-order valence-electron chi connectivity index (χ2n) is 8.39. The minimum atomic E-state index is -4.32. The standard InChI is InChI=1S/C28H32N2O9S/c1-7-39-20-11-9-19(10-12-20)30(40(33,34)26-14-18(2)8-13-23(26)35-3)17-27(31)29-22-16-25(37-5)24(36-4)15-21(22)28(32)38-6/h8-16H,7,17H2,1-6H3,(H,29,31). The highest BCUT2D eigenvalue weighted by Gasteiger charge is 2.31. The van der Waals surface area contributed by atoms with Gasteiger partial charge in [0.25, 0.3) is 10.0 Å². The van der Waals surface area contributed by atoms with Crippen molar-refractivity contribution >= 4 is 33.3 Å². The van der Waals surface area contributed by atoms with Gasteiger partial charge in [-0.2, -0.15) is 0 Å². The van der Waals surface area contributed by atoms with Gasteiger partial charge in [-0.1, -0.05) is 6.07 Å². The number of nitrogens with one attached hydrogen (secondary N) is 1. The van der Waals surface area contributed by atoms with Gasteiger partial charge in [0.2, 0.25) is 5.91 Å². The number of nitrogens with zero attached hydrogens (tertiary/aromatic N) is 1. The van der Waals surface area contributed by atoms with Crippen molar-refractivity contribution in [2.75, 3.05) is 51.2 Å². The molecular weight excluding hydrogens is 540 g/mol. The van der Waals surface area contributed by atoms with Gasteiger partial charge in [-0.15, -0.1) is 0 Å². The summed E-state index contributed by atoms with van der Waals surface area (Å²) in [6.45, 7) is 3.37. The van der Waals surface area contributed by atoms with Crippen LogP contribution in [0.5, 0.6) is 23.0 Å². The number of benzene rings is 3. The van der Waals surface area contributed by atoms with Gasteiger partial charge in [-0.25, -0.2) is 13.2 Å². The molecule has 0 atom stereocenters. The second kappa shape index (κ2) is 13.1. The first-order valence-electron chi connectivity index (χ1n) is 12.1. The molecule has 0 aliphatic heterocycles. The van der Waals surface area contributed by atoms with Crippen molar-refractivity contribution in [3.8, 4) is 23.0 Å². The van der Waals surface area contributed by atoms with Crippen LogP contribution >= 0.6 is 0 Å². The van der Waals surface area contributed by atoms with Crippen LogP contribution in [0.1, 0.15) is 22.8 Å². The van der Waals surface area contributed by atoms with Crippen molar-refractivity contribution in [3.05, 3.63) is 65.7 Å². The smallest absolute Gasteiger partial charge is 0.340 e. The Hall–Kier alpha value is -4.45. The number of aryl methyl sites for hydroxylation is 1. The molecule has 3 aromatic rings. The van der Waals surface area contributed by atoms with Gasteiger partial charge in [0.15, 0.2) is 11.5 Å². The lowest BCUT2D eigenvalue weighted by molar-refractivity contribution is -0.114. The molecule has 0 aliphatic carbocycles. The summed E-state index contributed by atoms with van der Waals surface area (Å²) in [5, 5.41) is 2.61. The maximum absolute atomic E-state index is 14.0. The molecule has 0 unspecified atom stereocenters. The highest BCUT2D eigenvalue weighted by atomic mass is 32.2. The van der Waals surface area contributed by atoms with Crippen LogP contribution < -0.4 is 28.6 Å². The number of sulfonamides is 1. The van der Waals surface area contributed by atoms with E-state index in [0.717, 1.165) is 4.31 Å². The number of anilines is 2. The van der Waals surface area contributed by atoms with Crippen LogP contribution in [0.3, 0.4) is 0 Å². The largest absolute Gasteiger partial charge is 0.495 e. The third-order valence-corrected chi connectivity index (χ3v) is 7.61. The number of esters is 1. The van der Waals surface area contributed by atoms with Gasteiger partial charge in [0.05, 0.1) is 52.0 Å². The highest BCUT2D eigenvalue weighted by molar-refractivity contribution is 7.93. The van der Waals surface area contributed by atoms with E-state index < -0.39 is 28.4 Å². The molecule has 0 saturated heterocycles. The third kappa shape index (κ3) is 6.57. The highest BCUT2D eigenvalue weighted by Crippen LogP contribution is 2.35. The number of hydrogen-bond donors (Lipinski definition) is 1. The van der Waals surface area contributed by atoms with E-state index in [2.05, 4.69) is 5.32 Å². The van der Waals surface area contributed by atoms with Gasteiger partial charge in [-0.05, 0) is 55.8 Å². The average molecular weight is 573 g/mol. The van der Waals surface area contributed by atoms with Gasteiger partial charge in [-0.3, -0.25) is 9.10 Å². The zero-order valence-electron chi connectivity index (χ0n) is 23.1. The second-order valence-corrected chi connectivity index (χ2v) is 10.2. The average Bonchev–Trinajstić information content (AvgIpc) is 2.95. The Morgan fingerprint density at radius 1 is 0.850 bits per heavy atom. The predicted molar refractivity (Wildman–Crippen MR) is 149 cm³/mol. The maximum Gasteiger partial charge on any atom is 0.340 e. The molecule has 0 fully saturated rings. The van der Waals surface area contributed by atoms with Crippen molar-refractivity contribution in [2.24, 2.45) is 0 Å². The summed E-state index contributed by atoms with van der Waals surface area (Å²) in [4.78, 5) is 25.7. The molecule has 214 valence electrons. The van der Waals surface area contributed by atoms with E-state index in [9.17, 15) is 18.0 Å². The first-order valence-corrected chi connectivity index (χ1v) is 13.6. The number of carbonyl (C=O) groups excluding carboxylic acids is 2. The zero-order chi connectivity index (χ0) is 29.4. The Morgan fingerprint density at radius 2 is 1.48 bits per heavy atom. The van der Waals surface area contributed by atoms with Gasteiger partial charge in [0, 0.05) is 12.1 Å². The lowest BCUT2D eigenvalue weighted by atomic mass is 10.1. The number of ether oxygens (including phenoxy) is 5. The van der Waals surface area contributed by atoms with Crippen LogP contribution in [0.25, 0.3) is 0 Å². The van der Waals surface area contributed by atoms with E-state index in [-0.39, 0.29) is 39.1 Å². The van der Waals surface area contributed by atoms with E-state index in [0.29, 0.717) is 17.9 Å². The molecule has 0 heterocycles. The van der Waals surface area contributed by atoms with E-state index >= 15 is 0 Å². The Morgan fingerprint density at radius 3 is 2.05 bits per heavy atom. The first-order chi connectivity index (χ1) is 19.1. The van der Waals surface area contributed by atoms with Crippen LogP contribution in [0, 0.1) is 6.92 Å². The molecular formula is C28H32N2O9S. The monoisotopic (exact) mass is 572 g/mol. The van der Waals surface area contributed by atoms with Crippen LogP contribution in [0.15, 0.2) is 59.5 Å². The SMILES string of the molecule is CCOc1ccc(N(CC(=O)Nc2cc(OC)c(OC)cc2C(=O)OC)S(=O)(=O)c2cc(C)ccc2OC)cc1. The summed E-state index contributed by atoms with van der Waals surface area (Å²) in [6, 6.07) is 13.8. The Bertz CT molecular complexity index is 1470. The minimum absolute atomic E-state index is 0.00988. The lowest BCUT2D eigenvalue weighted by Gasteiger charge is -2.25. The van der Waals surface area contributed by atoms with E-state index in [4.69, 9.17) is 23.7 Å². The van der Waals surface area contributed by atoms with Gasteiger partial charge < -0.3 is 29.0 Å². The van der Waals surface area contributed by atoms with E-state index in [1.54, 1.807) is 31.2 Å². The molecule has 0 radical (unpaired) electrons. The van der Waals surface area contributed by atoms with Crippen molar-refractivity contribution in [2.45, 2.75) is 18.7 Å². The molecule has 0 spiro atoms. The number of carbonyl (C=O) groups is 2. The number of rotatable bonds is 12. The molecule has 3 aromatic carbocycles. The molecule has 12 heteroatoms. The molecule has 1 amide bonds. The van der Waals surface area contributed by atoms with Crippen LogP contribution in [0.2, 0.25) is 0 Å². The molecule has 0 aliphatic rings. The fourth-order valence-electron chi connectivity index (χ4n) is 3.88. The van der Waals surface area contributed by atoms with Crippen LogP contribution in [-0.2, 0) is 19.6 Å². The van der Waals surface area contributed by atoms with Gasteiger partial charge in [0.1, 0.15) is 22.9 Å².